The third-order valence-corrected chi connectivity index (χ3v) is 2.60. The first-order valence-electron chi connectivity index (χ1n) is 4.73. The Kier molecular flexibility index (Phi) is 2.19. The van der Waals surface area contributed by atoms with Crippen LogP contribution in [0.15, 0.2) is 23.7 Å². The molecule has 1 aromatic heterocycles. The largest absolute Gasteiger partial charge is 0.478 e. The zero-order valence-corrected chi connectivity index (χ0v) is 8.66. The van der Waals surface area contributed by atoms with E-state index in [-0.39, 0.29) is 0 Å². The molecule has 0 unspecified atom stereocenters. The Bertz CT molecular complexity index is 464. The summed E-state index contributed by atoms with van der Waals surface area (Å²) in [6, 6.07) is 0. The highest BCUT2D eigenvalue weighted by Crippen LogP contribution is 2.29. The van der Waals surface area contributed by atoms with Gasteiger partial charge in [0.2, 0.25) is 0 Å². The Hall–Kier alpha value is -1.84. The molecule has 0 spiro atoms. The van der Waals surface area contributed by atoms with Gasteiger partial charge in [-0.3, -0.25) is 4.98 Å². The molecule has 0 amide bonds. The van der Waals surface area contributed by atoms with Gasteiger partial charge in [-0.2, -0.15) is 0 Å². The standard InChI is InChI=1S/C11H12N2O2/c1-6-4-12-5-8-3-9(11(14)15)7(2)13-10(6)8/h4-5,13H,3H2,1-2H3,(H,14,15). The van der Waals surface area contributed by atoms with Gasteiger partial charge in [-0.15, -0.1) is 0 Å². The minimum atomic E-state index is -0.868. The summed E-state index contributed by atoms with van der Waals surface area (Å²) in [5, 5.41) is 12.1. The van der Waals surface area contributed by atoms with Gasteiger partial charge in [-0.1, -0.05) is 0 Å². The number of carboxylic acid groups (broad SMARTS) is 1. The summed E-state index contributed by atoms with van der Waals surface area (Å²) in [5.41, 5.74) is 4.10. The number of carbonyl (C=O) groups is 1. The number of hydrogen-bond donors (Lipinski definition) is 2. The lowest BCUT2D eigenvalue weighted by Crippen LogP contribution is -2.17. The zero-order valence-electron chi connectivity index (χ0n) is 8.66. The number of carboxylic acids is 1. The maximum Gasteiger partial charge on any atom is 0.333 e. The average Bonchev–Trinajstić information content (AvgIpc) is 2.18. The smallest absolute Gasteiger partial charge is 0.333 e. The topological polar surface area (TPSA) is 62.2 Å². The fraction of sp³-hybridized carbons (Fsp3) is 0.273. The molecule has 0 fully saturated rings. The summed E-state index contributed by atoms with van der Waals surface area (Å²) in [6.45, 7) is 3.74. The number of nitrogens with zero attached hydrogens (tertiary/aromatic N) is 1. The molecule has 0 atom stereocenters. The van der Waals surface area contributed by atoms with Crippen molar-refractivity contribution in [1.29, 1.82) is 0 Å². The number of nitrogens with one attached hydrogen (secondary N) is 1. The lowest BCUT2D eigenvalue weighted by Gasteiger charge is -2.21. The van der Waals surface area contributed by atoms with Gasteiger partial charge in [0, 0.05) is 30.2 Å². The highest BCUT2D eigenvalue weighted by molar-refractivity contribution is 5.90. The van der Waals surface area contributed by atoms with Crippen LogP contribution in [0.4, 0.5) is 5.69 Å². The number of pyridine rings is 1. The first-order chi connectivity index (χ1) is 7.09. The van der Waals surface area contributed by atoms with Crippen molar-refractivity contribution in [3.63, 3.8) is 0 Å². The van der Waals surface area contributed by atoms with Crippen molar-refractivity contribution in [2.75, 3.05) is 5.32 Å². The second-order valence-electron chi connectivity index (χ2n) is 3.70. The minimum absolute atomic E-state index is 0.412. The molecular formula is C11H12N2O2. The molecule has 0 radical (unpaired) electrons. The first-order valence-corrected chi connectivity index (χ1v) is 4.73. The third kappa shape index (κ3) is 1.58. The number of rotatable bonds is 1. The summed E-state index contributed by atoms with van der Waals surface area (Å²) < 4.78 is 0. The normalized spacial score (nSPS) is 14.5. The molecule has 1 aromatic rings. The van der Waals surface area contributed by atoms with E-state index in [1.54, 1.807) is 19.3 Å². The van der Waals surface area contributed by atoms with Gasteiger partial charge in [0.05, 0.1) is 5.57 Å². The molecule has 15 heavy (non-hydrogen) atoms. The molecular weight excluding hydrogens is 192 g/mol. The van der Waals surface area contributed by atoms with E-state index in [0.717, 1.165) is 16.8 Å². The van der Waals surface area contributed by atoms with E-state index in [2.05, 4.69) is 10.3 Å². The van der Waals surface area contributed by atoms with E-state index >= 15 is 0 Å². The molecule has 2 N–H and O–H groups in total. The molecule has 2 rings (SSSR count). The Morgan fingerprint density at radius 3 is 2.87 bits per heavy atom. The van der Waals surface area contributed by atoms with Crippen LogP contribution in [-0.2, 0) is 11.2 Å². The predicted octanol–water partition coefficient (Wildman–Crippen LogP) is 1.72. The van der Waals surface area contributed by atoms with Crippen LogP contribution in [0, 0.1) is 6.92 Å². The average molecular weight is 204 g/mol. The van der Waals surface area contributed by atoms with Crippen LogP contribution in [0.25, 0.3) is 0 Å². The van der Waals surface area contributed by atoms with Gasteiger partial charge in [0.1, 0.15) is 0 Å². The van der Waals surface area contributed by atoms with Crippen LogP contribution < -0.4 is 5.32 Å². The molecule has 78 valence electrons. The second-order valence-corrected chi connectivity index (χ2v) is 3.70. The zero-order chi connectivity index (χ0) is 11.0. The van der Waals surface area contributed by atoms with E-state index < -0.39 is 5.97 Å². The summed E-state index contributed by atoms with van der Waals surface area (Å²) >= 11 is 0. The molecule has 2 heterocycles. The second kappa shape index (κ2) is 3.38. The Morgan fingerprint density at radius 1 is 1.47 bits per heavy atom. The number of aryl methyl sites for hydroxylation is 1. The fourth-order valence-electron chi connectivity index (χ4n) is 1.76. The van der Waals surface area contributed by atoms with Gasteiger partial charge in [-0.25, -0.2) is 4.79 Å². The summed E-state index contributed by atoms with van der Waals surface area (Å²) in [4.78, 5) is 15.0. The van der Waals surface area contributed by atoms with Crippen molar-refractivity contribution >= 4 is 11.7 Å². The number of allylic oxidation sites excluding steroid dienone is 1. The highest BCUT2D eigenvalue weighted by atomic mass is 16.4. The van der Waals surface area contributed by atoms with E-state index in [1.165, 1.54) is 0 Å². The molecule has 4 nitrogen and oxygen atoms in total. The van der Waals surface area contributed by atoms with Crippen LogP contribution in [-0.4, -0.2) is 16.1 Å². The molecule has 1 aliphatic rings. The third-order valence-electron chi connectivity index (χ3n) is 2.60. The Labute approximate surface area is 87.7 Å². The van der Waals surface area contributed by atoms with Crippen LogP contribution in [0.3, 0.4) is 0 Å². The maximum absolute atomic E-state index is 10.9. The number of anilines is 1. The highest BCUT2D eigenvalue weighted by Gasteiger charge is 2.20. The minimum Gasteiger partial charge on any atom is -0.478 e. The molecule has 1 aliphatic heterocycles. The molecule has 0 bridgehead atoms. The summed E-state index contributed by atoms with van der Waals surface area (Å²) in [5.74, 6) is -0.868. The van der Waals surface area contributed by atoms with Crippen molar-refractivity contribution in [3.05, 3.63) is 34.8 Å². The van der Waals surface area contributed by atoms with E-state index in [4.69, 9.17) is 5.11 Å². The Morgan fingerprint density at radius 2 is 2.20 bits per heavy atom. The van der Waals surface area contributed by atoms with Crippen molar-refractivity contribution in [2.45, 2.75) is 20.3 Å². The van der Waals surface area contributed by atoms with E-state index in [9.17, 15) is 4.79 Å². The van der Waals surface area contributed by atoms with Crippen molar-refractivity contribution < 1.29 is 9.90 Å². The van der Waals surface area contributed by atoms with Gasteiger partial charge in [0.15, 0.2) is 0 Å². The van der Waals surface area contributed by atoms with E-state index in [0.29, 0.717) is 17.7 Å². The number of aliphatic carboxylic acids is 1. The monoisotopic (exact) mass is 204 g/mol. The fourth-order valence-corrected chi connectivity index (χ4v) is 1.76. The van der Waals surface area contributed by atoms with E-state index in [1.807, 2.05) is 6.92 Å². The number of hydrogen-bond acceptors (Lipinski definition) is 3. The predicted molar refractivity (Wildman–Crippen MR) is 56.6 cm³/mol. The van der Waals surface area contributed by atoms with Crippen molar-refractivity contribution in [1.82, 2.24) is 4.98 Å². The first kappa shape index (κ1) is 9.71. The maximum atomic E-state index is 10.9. The lowest BCUT2D eigenvalue weighted by molar-refractivity contribution is -0.132. The van der Waals surface area contributed by atoms with Gasteiger partial charge in [0.25, 0.3) is 0 Å². The summed E-state index contributed by atoms with van der Waals surface area (Å²) in [6.07, 6.45) is 3.92. The molecule has 0 saturated carbocycles. The molecule has 0 aliphatic carbocycles. The summed E-state index contributed by atoms with van der Waals surface area (Å²) in [7, 11) is 0. The van der Waals surface area contributed by atoms with Gasteiger partial charge >= 0.3 is 5.97 Å². The molecule has 4 heteroatoms. The number of fused-ring (bicyclic) bond motifs is 1. The Balaban J connectivity index is 2.47. The number of aromatic nitrogens is 1. The van der Waals surface area contributed by atoms with Crippen molar-refractivity contribution in [2.24, 2.45) is 0 Å². The van der Waals surface area contributed by atoms with Crippen LogP contribution in [0.2, 0.25) is 0 Å². The van der Waals surface area contributed by atoms with Crippen LogP contribution in [0.5, 0.6) is 0 Å². The SMILES string of the molecule is CC1=C(C(=O)O)Cc2cncc(C)c2N1. The molecule has 0 saturated heterocycles. The van der Waals surface area contributed by atoms with Crippen LogP contribution >= 0.6 is 0 Å². The van der Waals surface area contributed by atoms with Gasteiger partial charge in [-0.05, 0) is 25.0 Å². The lowest BCUT2D eigenvalue weighted by atomic mass is 9.98. The van der Waals surface area contributed by atoms with Crippen LogP contribution in [0.1, 0.15) is 18.1 Å². The van der Waals surface area contributed by atoms with Gasteiger partial charge < -0.3 is 10.4 Å². The molecule has 0 aromatic carbocycles. The van der Waals surface area contributed by atoms with Crippen molar-refractivity contribution in [3.8, 4) is 0 Å². The quantitative estimate of drug-likeness (QED) is 0.731.